The van der Waals surface area contributed by atoms with Gasteiger partial charge in [0.15, 0.2) is 5.67 Å². The van der Waals surface area contributed by atoms with E-state index in [1.807, 2.05) is 18.2 Å². The summed E-state index contributed by atoms with van der Waals surface area (Å²) < 4.78 is 23.5. The standard InChI is InChI=1S/C11H16FNO2/c1-11(12,8-14-2)9-15-7-10-5-3-4-6-13-10/h3-6H,7-9H2,1-2H3. The molecule has 1 heterocycles. The van der Waals surface area contributed by atoms with Gasteiger partial charge in [-0.1, -0.05) is 6.07 Å². The summed E-state index contributed by atoms with van der Waals surface area (Å²) in [5.41, 5.74) is -0.644. The Bertz CT molecular complexity index is 277. The molecule has 0 radical (unpaired) electrons. The molecule has 0 aliphatic carbocycles. The van der Waals surface area contributed by atoms with E-state index in [4.69, 9.17) is 9.47 Å². The van der Waals surface area contributed by atoms with E-state index < -0.39 is 5.67 Å². The Kier molecular flexibility index (Phi) is 4.65. The maximum Gasteiger partial charge on any atom is 0.154 e. The lowest BCUT2D eigenvalue weighted by Gasteiger charge is -2.18. The summed E-state index contributed by atoms with van der Waals surface area (Å²) in [5.74, 6) is 0. The van der Waals surface area contributed by atoms with Gasteiger partial charge >= 0.3 is 0 Å². The molecule has 0 bridgehead atoms. The van der Waals surface area contributed by atoms with Gasteiger partial charge in [0.25, 0.3) is 0 Å². The topological polar surface area (TPSA) is 31.4 Å². The molecule has 0 saturated carbocycles. The fourth-order valence-electron chi connectivity index (χ4n) is 1.19. The van der Waals surface area contributed by atoms with Crippen LogP contribution in [0.3, 0.4) is 0 Å². The van der Waals surface area contributed by atoms with Crippen LogP contribution in [-0.4, -0.2) is 31.0 Å². The molecule has 1 aromatic heterocycles. The van der Waals surface area contributed by atoms with Crippen LogP contribution in [0.5, 0.6) is 0 Å². The molecule has 0 saturated heterocycles. The van der Waals surface area contributed by atoms with Crippen LogP contribution in [0.15, 0.2) is 24.4 Å². The Morgan fingerprint density at radius 2 is 2.20 bits per heavy atom. The fourth-order valence-corrected chi connectivity index (χ4v) is 1.19. The number of halogens is 1. The average Bonchev–Trinajstić information content (AvgIpc) is 2.19. The van der Waals surface area contributed by atoms with Gasteiger partial charge in [-0.15, -0.1) is 0 Å². The Labute approximate surface area is 89.2 Å². The Morgan fingerprint density at radius 3 is 2.80 bits per heavy atom. The molecule has 0 spiro atoms. The number of methoxy groups -OCH3 is 1. The van der Waals surface area contributed by atoms with E-state index in [0.29, 0.717) is 6.61 Å². The van der Waals surface area contributed by atoms with Crippen LogP contribution in [0.1, 0.15) is 12.6 Å². The zero-order valence-corrected chi connectivity index (χ0v) is 9.07. The van der Waals surface area contributed by atoms with Gasteiger partial charge in [-0.25, -0.2) is 4.39 Å². The van der Waals surface area contributed by atoms with E-state index in [1.54, 1.807) is 6.20 Å². The maximum absolute atomic E-state index is 13.5. The lowest BCUT2D eigenvalue weighted by Crippen LogP contribution is -2.30. The van der Waals surface area contributed by atoms with Gasteiger partial charge in [-0.05, 0) is 19.1 Å². The number of aromatic nitrogens is 1. The van der Waals surface area contributed by atoms with Crippen LogP contribution in [0, 0.1) is 0 Å². The third-order valence-electron chi connectivity index (χ3n) is 1.82. The summed E-state index contributed by atoms with van der Waals surface area (Å²) in [6.07, 6.45) is 1.68. The van der Waals surface area contributed by atoms with Crippen molar-refractivity contribution in [2.45, 2.75) is 19.2 Å². The number of hydrogen-bond donors (Lipinski definition) is 0. The van der Waals surface area contributed by atoms with E-state index in [9.17, 15) is 4.39 Å². The number of ether oxygens (including phenoxy) is 2. The van der Waals surface area contributed by atoms with Gasteiger partial charge in [0, 0.05) is 13.3 Å². The summed E-state index contributed by atoms with van der Waals surface area (Å²) in [6.45, 7) is 1.83. The van der Waals surface area contributed by atoms with Gasteiger partial charge in [-0.3, -0.25) is 4.98 Å². The summed E-state index contributed by atoms with van der Waals surface area (Å²) in [4.78, 5) is 4.07. The summed E-state index contributed by atoms with van der Waals surface area (Å²) in [7, 11) is 1.47. The number of rotatable bonds is 6. The molecule has 4 heteroatoms. The minimum absolute atomic E-state index is 0.0113. The van der Waals surface area contributed by atoms with Crippen LogP contribution in [0.25, 0.3) is 0 Å². The van der Waals surface area contributed by atoms with Crippen molar-refractivity contribution in [1.82, 2.24) is 4.98 Å². The summed E-state index contributed by atoms with van der Waals surface area (Å²) in [6, 6.07) is 5.54. The fraction of sp³-hybridized carbons (Fsp3) is 0.545. The number of alkyl halides is 1. The molecule has 1 unspecified atom stereocenters. The molecule has 0 N–H and O–H groups in total. The van der Waals surface area contributed by atoms with Gasteiger partial charge in [0.1, 0.15) is 0 Å². The molecule has 3 nitrogen and oxygen atoms in total. The third kappa shape index (κ3) is 4.85. The molecule has 1 atom stereocenters. The molecule has 84 valence electrons. The second-order valence-corrected chi connectivity index (χ2v) is 3.66. The lowest BCUT2D eigenvalue weighted by molar-refractivity contribution is -0.0274. The predicted octanol–water partition coefficient (Wildman–Crippen LogP) is 1.97. The predicted molar refractivity (Wildman–Crippen MR) is 55.3 cm³/mol. The largest absolute Gasteiger partial charge is 0.381 e. The molecular weight excluding hydrogens is 197 g/mol. The highest BCUT2D eigenvalue weighted by Crippen LogP contribution is 2.11. The zero-order chi connectivity index (χ0) is 11.1. The van der Waals surface area contributed by atoms with E-state index in [-0.39, 0.29) is 13.2 Å². The van der Waals surface area contributed by atoms with Gasteiger partial charge in [0.2, 0.25) is 0 Å². The van der Waals surface area contributed by atoms with Gasteiger partial charge in [-0.2, -0.15) is 0 Å². The van der Waals surface area contributed by atoms with Crippen molar-refractivity contribution in [3.8, 4) is 0 Å². The Balaban J connectivity index is 2.27. The lowest BCUT2D eigenvalue weighted by atomic mass is 10.2. The van der Waals surface area contributed by atoms with Crippen LogP contribution in [0.2, 0.25) is 0 Å². The van der Waals surface area contributed by atoms with Crippen LogP contribution < -0.4 is 0 Å². The van der Waals surface area contributed by atoms with Crippen molar-refractivity contribution >= 4 is 0 Å². The van der Waals surface area contributed by atoms with Crippen molar-refractivity contribution in [3.63, 3.8) is 0 Å². The summed E-state index contributed by atoms with van der Waals surface area (Å²) >= 11 is 0. The summed E-state index contributed by atoms with van der Waals surface area (Å²) in [5, 5.41) is 0. The smallest absolute Gasteiger partial charge is 0.154 e. The van der Waals surface area contributed by atoms with Crippen molar-refractivity contribution in [3.05, 3.63) is 30.1 Å². The van der Waals surface area contributed by atoms with Crippen molar-refractivity contribution in [2.75, 3.05) is 20.3 Å². The second-order valence-electron chi connectivity index (χ2n) is 3.66. The highest BCUT2D eigenvalue weighted by Gasteiger charge is 2.23. The maximum atomic E-state index is 13.5. The minimum Gasteiger partial charge on any atom is -0.381 e. The van der Waals surface area contributed by atoms with Crippen molar-refractivity contribution < 1.29 is 13.9 Å². The highest BCUT2D eigenvalue weighted by atomic mass is 19.1. The molecule has 15 heavy (non-hydrogen) atoms. The van der Waals surface area contributed by atoms with Gasteiger partial charge in [0.05, 0.1) is 25.5 Å². The molecule has 0 aliphatic rings. The SMILES string of the molecule is COCC(C)(F)COCc1ccccn1. The number of hydrogen-bond acceptors (Lipinski definition) is 3. The molecule has 1 aromatic rings. The monoisotopic (exact) mass is 213 g/mol. The van der Waals surface area contributed by atoms with Crippen LogP contribution in [-0.2, 0) is 16.1 Å². The molecule has 0 fully saturated rings. The van der Waals surface area contributed by atoms with E-state index in [2.05, 4.69) is 4.98 Å². The third-order valence-corrected chi connectivity index (χ3v) is 1.82. The van der Waals surface area contributed by atoms with Crippen LogP contribution in [0.4, 0.5) is 4.39 Å². The number of nitrogens with zero attached hydrogens (tertiary/aromatic N) is 1. The molecule has 1 rings (SSSR count). The van der Waals surface area contributed by atoms with Gasteiger partial charge < -0.3 is 9.47 Å². The Hall–Kier alpha value is -1.00. The second kappa shape index (κ2) is 5.78. The van der Waals surface area contributed by atoms with E-state index in [0.717, 1.165) is 5.69 Å². The zero-order valence-electron chi connectivity index (χ0n) is 9.07. The van der Waals surface area contributed by atoms with Crippen molar-refractivity contribution in [2.24, 2.45) is 0 Å². The first-order chi connectivity index (χ1) is 7.14. The first kappa shape index (κ1) is 12.1. The molecule has 0 aromatic carbocycles. The van der Waals surface area contributed by atoms with Crippen molar-refractivity contribution in [1.29, 1.82) is 0 Å². The Morgan fingerprint density at radius 1 is 1.40 bits per heavy atom. The first-order valence-electron chi connectivity index (χ1n) is 4.79. The average molecular weight is 213 g/mol. The highest BCUT2D eigenvalue weighted by molar-refractivity contribution is 5.01. The van der Waals surface area contributed by atoms with E-state index in [1.165, 1.54) is 14.0 Å². The molecule has 0 amide bonds. The van der Waals surface area contributed by atoms with E-state index >= 15 is 0 Å². The normalized spacial score (nSPS) is 14.9. The first-order valence-corrected chi connectivity index (χ1v) is 4.79. The minimum atomic E-state index is -1.44. The molecule has 0 aliphatic heterocycles. The quantitative estimate of drug-likeness (QED) is 0.724. The number of pyridine rings is 1. The van der Waals surface area contributed by atoms with Crippen LogP contribution >= 0.6 is 0 Å². The molecular formula is C11H16FNO2.